The summed E-state index contributed by atoms with van der Waals surface area (Å²) in [6.45, 7) is 0.559. The van der Waals surface area contributed by atoms with Crippen LogP contribution in [0.1, 0.15) is 34.6 Å². The van der Waals surface area contributed by atoms with Crippen molar-refractivity contribution in [2.75, 3.05) is 17.2 Å². The second-order valence-electron chi connectivity index (χ2n) is 5.27. The van der Waals surface area contributed by atoms with Gasteiger partial charge in [0.1, 0.15) is 6.10 Å². The van der Waals surface area contributed by atoms with Gasteiger partial charge in [-0.2, -0.15) is 0 Å². The molecular weight excluding hydrogens is 354 g/mol. The average Bonchev–Trinajstić information content (AvgIpc) is 3.27. The quantitative estimate of drug-likeness (QED) is 0.846. The molecule has 0 aliphatic carbocycles. The van der Waals surface area contributed by atoms with E-state index >= 15 is 0 Å². The van der Waals surface area contributed by atoms with Crippen molar-refractivity contribution in [2.45, 2.75) is 25.4 Å². The van der Waals surface area contributed by atoms with Gasteiger partial charge in [0, 0.05) is 17.9 Å². The van der Waals surface area contributed by atoms with Gasteiger partial charge in [0.15, 0.2) is 5.01 Å². The molecule has 1 aromatic heterocycles. The minimum absolute atomic E-state index is 0.0194. The van der Waals surface area contributed by atoms with E-state index in [0.29, 0.717) is 30.1 Å². The summed E-state index contributed by atoms with van der Waals surface area (Å²) in [6, 6.07) is 6.26. The molecule has 2 N–H and O–H groups in total. The highest BCUT2D eigenvalue weighted by atomic mass is 32.1. The highest BCUT2D eigenvalue weighted by Crippen LogP contribution is 2.25. The third kappa shape index (κ3) is 4.34. The maximum absolute atomic E-state index is 12.5. The number of amides is 2. The summed E-state index contributed by atoms with van der Waals surface area (Å²) < 4.78 is 30.3. The van der Waals surface area contributed by atoms with Gasteiger partial charge in [-0.05, 0) is 31.0 Å². The van der Waals surface area contributed by atoms with Crippen LogP contribution in [-0.2, 0) is 9.53 Å². The van der Waals surface area contributed by atoms with E-state index < -0.39 is 23.4 Å². The largest absolute Gasteiger partial charge is 0.368 e. The van der Waals surface area contributed by atoms with Gasteiger partial charge in [-0.25, -0.2) is 8.78 Å². The van der Waals surface area contributed by atoms with Crippen LogP contribution in [0.4, 0.5) is 19.6 Å². The van der Waals surface area contributed by atoms with Crippen molar-refractivity contribution in [3.63, 3.8) is 0 Å². The molecule has 1 saturated heterocycles. The first kappa shape index (κ1) is 17.4. The van der Waals surface area contributed by atoms with Crippen molar-refractivity contribution < 1.29 is 23.1 Å². The van der Waals surface area contributed by atoms with Crippen molar-refractivity contribution in [3.8, 4) is 0 Å². The number of hydrogen-bond donors (Lipinski definition) is 2. The van der Waals surface area contributed by atoms with E-state index in [1.807, 2.05) is 0 Å². The Hall–Kier alpha value is -2.46. The fourth-order valence-corrected chi connectivity index (χ4v) is 2.88. The third-order valence-electron chi connectivity index (χ3n) is 3.46. The molecule has 0 saturated carbocycles. The zero-order valence-corrected chi connectivity index (χ0v) is 13.7. The summed E-state index contributed by atoms with van der Waals surface area (Å²) in [5, 5.41) is 11.4. The molecule has 1 aliphatic heterocycles. The van der Waals surface area contributed by atoms with Gasteiger partial charge in [0.25, 0.3) is 18.2 Å². The fourth-order valence-electron chi connectivity index (χ4n) is 2.29. The molecule has 25 heavy (non-hydrogen) atoms. The van der Waals surface area contributed by atoms with Gasteiger partial charge in [-0.3, -0.25) is 14.9 Å². The number of benzene rings is 1. The Balaban J connectivity index is 1.65. The summed E-state index contributed by atoms with van der Waals surface area (Å²) in [7, 11) is 0. The molecule has 1 aliphatic rings. The summed E-state index contributed by atoms with van der Waals surface area (Å²) in [5.74, 6) is -0.800. The van der Waals surface area contributed by atoms with E-state index in [9.17, 15) is 18.4 Å². The van der Waals surface area contributed by atoms with E-state index in [-0.39, 0.29) is 16.6 Å². The van der Waals surface area contributed by atoms with Gasteiger partial charge < -0.3 is 10.1 Å². The molecule has 10 heteroatoms. The van der Waals surface area contributed by atoms with E-state index in [4.69, 9.17) is 4.74 Å². The van der Waals surface area contributed by atoms with Crippen molar-refractivity contribution in [1.82, 2.24) is 10.2 Å². The second kappa shape index (κ2) is 7.62. The van der Waals surface area contributed by atoms with Gasteiger partial charge >= 0.3 is 0 Å². The molecule has 7 nitrogen and oxygen atoms in total. The van der Waals surface area contributed by atoms with Crippen LogP contribution >= 0.6 is 11.3 Å². The van der Waals surface area contributed by atoms with Crippen LogP contribution in [0.5, 0.6) is 0 Å². The minimum Gasteiger partial charge on any atom is -0.368 e. The molecule has 0 spiro atoms. The molecule has 0 radical (unpaired) electrons. The number of halogens is 2. The Kier molecular flexibility index (Phi) is 5.29. The summed E-state index contributed by atoms with van der Waals surface area (Å²) in [4.78, 5) is 24.2. The number of rotatable bonds is 5. The molecule has 132 valence electrons. The summed E-state index contributed by atoms with van der Waals surface area (Å²) in [6.07, 6.45) is -1.72. The van der Waals surface area contributed by atoms with Crippen LogP contribution in [0.25, 0.3) is 0 Å². The number of alkyl halides is 2. The van der Waals surface area contributed by atoms with E-state index in [1.165, 1.54) is 12.1 Å². The van der Waals surface area contributed by atoms with Crippen molar-refractivity contribution in [3.05, 3.63) is 34.8 Å². The van der Waals surface area contributed by atoms with Crippen LogP contribution in [0.15, 0.2) is 24.3 Å². The van der Waals surface area contributed by atoms with Crippen LogP contribution < -0.4 is 10.6 Å². The second-order valence-corrected chi connectivity index (χ2v) is 6.28. The minimum atomic E-state index is -2.74. The summed E-state index contributed by atoms with van der Waals surface area (Å²) in [5.41, 5.74) is 0.692. The maximum Gasteiger partial charge on any atom is 0.291 e. The standard InChI is InChI=1S/C15H14F2N4O3S/c16-11(17)14-20-21-15(25-14)19-12(22)8-3-1-4-9(7-8)18-13(23)10-5-2-6-24-10/h1,3-4,7,10-11H,2,5-6H2,(H,18,23)(H,19,21,22). The smallest absolute Gasteiger partial charge is 0.291 e. The molecule has 2 aromatic rings. The molecule has 1 fully saturated rings. The van der Waals surface area contributed by atoms with Crippen molar-refractivity contribution in [1.29, 1.82) is 0 Å². The fraction of sp³-hybridized carbons (Fsp3) is 0.333. The normalized spacial score (nSPS) is 16.8. The van der Waals surface area contributed by atoms with Crippen molar-refractivity contribution in [2.24, 2.45) is 0 Å². The van der Waals surface area contributed by atoms with Crippen molar-refractivity contribution >= 4 is 34.0 Å². The van der Waals surface area contributed by atoms with E-state index in [2.05, 4.69) is 20.8 Å². The first-order valence-electron chi connectivity index (χ1n) is 7.48. The lowest BCUT2D eigenvalue weighted by Crippen LogP contribution is -2.27. The lowest BCUT2D eigenvalue weighted by Gasteiger charge is -2.11. The topological polar surface area (TPSA) is 93.2 Å². The zero-order chi connectivity index (χ0) is 17.8. The van der Waals surface area contributed by atoms with E-state index in [0.717, 1.165) is 6.42 Å². The number of anilines is 2. The first-order valence-corrected chi connectivity index (χ1v) is 8.30. The lowest BCUT2D eigenvalue weighted by atomic mass is 10.1. The Bertz CT molecular complexity index is 778. The maximum atomic E-state index is 12.5. The number of nitrogens with one attached hydrogen (secondary N) is 2. The molecule has 2 heterocycles. The van der Waals surface area contributed by atoms with Crippen LogP contribution in [0, 0.1) is 0 Å². The van der Waals surface area contributed by atoms with E-state index in [1.54, 1.807) is 12.1 Å². The monoisotopic (exact) mass is 368 g/mol. The van der Waals surface area contributed by atoms with Gasteiger partial charge in [0.05, 0.1) is 0 Å². The number of nitrogens with zero attached hydrogens (tertiary/aromatic N) is 2. The molecule has 0 bridgehead atoms. The van der Waals surface area contributed by atoms with Gasteiger partial charge in [0.2, 0.25) is 5.13 Å². The predicted molar refractivity (Wildman–Crippen MR) is 86.9 cm³/mol. The average molecular weight is 368 g/mol. The highest BCUT2D eigenvalue weighted by Gasteiger charge is 2.23. The number of hydrogen-bond acceptors (Lipinski definition) is 6. The number of carbonyl (C=O) groups is 2. The molecular formula is C15H14F2N4O3S. The Morgan fingerprint density at radius 3 is 2.80 bits per heavy atom. The Morgan fingerprint density at radius 1 is 1.28 bits per heavy atom. The third-order valence-corrected chi connectivity index (χ3v) is 4.31. The molecule has 1 unspecified atom stereocenters. The van der Waals surface area contributed by atoms with Crippen LogP contribution in [0.3, 0.4) is 0 Å². The Morgan fingerprint density at radius 2 is 2.12 bits per heavy atom. The molecule has 2 amide bonds. The Labute approximate surface area is 145 Å². The summed E-state index contributed by atoms with van der Waals surface area (Å²) >= 11 is 0.605. The lowest BCUT2D eigenvalue weighted by molar-refractivity contribution is -0.124. The van der Waals surface area contributed by atoms with Gasteiger partial charge in [-0.1, -0.05) is 17.4 Å². The highest BCUT2D eigenvalue weighted by molar-refractivity contribution is 7.15. The molecule has 1 atom stereocenters. The zero-order valence-electron chi connectivity index (χ0n) is 12.9. The SMILES string of the molecule is O=C(Nc1nnc(C(F)F)s1)c1cccc(NC(=O)C2CCCO2)c1. The first-order chi connectivity index (χ1) is 12.0. The molecule has 1 aromatic carbocycles. The molecule has 3 rings (SSSR count). The van der Waals surface area contributed by atoms with Crippen LogP contribution in [0.2, 0.25) is 0 Å². The number of ether oxygens (including phenoxy) is 1. The predicted octanol–water partition coefficient (Wildman–Crippen LogP) is 2.85. The van der Waals surface area contributed by atoms with Crippen LogP contribution in [-0.4, -0.2) is 34.7 Å². The number of carbonyl (C=O) groups excluding carboxylic acids is 2. The number of aromatic nitrogens is 2. The van der Waals surface area contributed by atoms with Gasteiger partial charge in [-0.15, -0.1) is 10.2 Å².